The number of ether oxygens (including phenoxy) is 4. The maximum atomic E-state index is 12.2. The lowest BCUT2D eigenvalue weighted by atomic mass is 10.2. The molecule has 0 bridgehead atoms. The zero-order chi connectivity index (χ0) is 18.5. The fourth-order valence-corrected chi connectivity index (χ4v) is 2.58. The third-order valence-electron chi connectivity index (χ3n) is 3.47. The molecule has 1 amide bonds. The van der Waals surface area contributed by atoms with E-state index in [4.69, 9.17) is 18.9 Å². The number of amides is 1. The highest BCUT2D eigenvalue weighted by Gasteiger charge is 2.20. The van der Waals surface area contributed by atoms with Gasteiger partial charge in [0.2, 0.25) is 6.79 Å². The van der Waals surface area contributed by atoms with Gasteiger partial charge in [0.25, 0.3) is 5.91 Å². The van der Waals surface area contributed by atoms with Gasteiger partial charge in [-0.05, 0) is 37.3 Å². The number of esters is 1. The van der Waals surface area contributed by atoms with Gasteiger partial charge in [-0.15, -0.1) is 0 Å². The topological polar surface area (TPSA) is 83.1 Å². The van der Waals surface area contributed by atoms with Crippen LogP contribution in [0.1, 0.15) is 6.92 Å². The van der Waals surface area contributed by atoms with Crippen molar-refractivity contribution in [1.29, 1.82) is 0 Å². The van der Waals surface area contributed by atoms with E-state index in [1.165, 1.54) is 6.92 Å². The first-order chi connectivity index (χ1) is 12.5. The molecule has 2 aromatic rings. The van der Waals surface area contributed by atoms with Crippen molar-refractivity contribution in [2.24, 2.45) is 0 Å². The molecular formula is C18H16BrNO6. The normalized spacial score (nSPS) is 13.0. The maximum absolute atomic E-state index is 12.2. The fourth-order valence-electron chi connectivity index (χ4n) is 2.20. The molecule has 1 unspecified atom stereocenters. The summed E-state index contributed by atoms with van der Waals surface area (Å²) in [4.78, 5) is 24.0. The van der Waals surface area contributed by atoms with Gasteiger partial charge in [-0.1, -0.05) is 22.0 Å². The molecule has 7 nitrogen and oxygen atoms in total. The Morgan fingerprint density at radius 3 is 2.81 bits per heavy atom. The first kappa shape index (κ1) is 18.1. The molecule has 1 heterocycles. The number of carbonyl (C=O) groups is 2. The minimum absolute atomic E-state index is 0.152. The van der Waals surface area contributed by atoms with Crippen molar-refractivity contribution < 1.29 is 28.5 Å². The van der Waals surface area contributed by atoms with Crippen LogP contribution in [-0.2, 0) is 14.3 Å². The highest BCUT2D eigenvalue weighted by molar-refractivity contribution is 9.10. The van der Waals surface area contributed by atoms with Gasteiger partial charge in [-0.2, -0.15) is 0 Å². The Kier molecular flexibility index (Phi) is 5.62. The Morgan fingerprint density at radius 1 is 1.19 bits per heavy atom. The van der Waals surface area contributed by atoms with Crippen LogP contribution in [0.3, 0.4) is 0 Å². The third kappa shape index (κ3) is 4.66. The average Bonchev–Trinajstić information content (AvgIpc) is 3.07. The van der Waals surface area contributed by atoms with Crippen LogP contribution < -0.4 is 19.5 Å². The van der Waals surface area contributed by atoms with Gasteiger partial charge in [-0.3, -0.25) is 4.79 Å². The second-order valence-corrected chi connectivity index (χ2v) is 6.35. The van der Waals surface area contributed by atoms with Crippen LogP contribution in [0.4, 0.5) is 5.69 Å². The van der Waals surface area contributed by atoms with Gasteiger partial charge in [0.15, 0.2) is 24.2 Å². The van der Waals surface area contributed by atoms with E-state index in [9.17, 15) is 9.59 Å². The number of rotatable bonds is 6. The molecule has 1 N–H and O–H groups in total. The van der Waals surface area contributed by atoms with Gasteiger partial charge < -0.3 is 24.3 Å². The molecular weight excluding hydrogens is 406 g/mol. The Balaban J connectivity index is 1.48. The molecule has 1 atom stereocenters. The molecule has 2 aromatic carbocycles. The smallest absolute Gasteiger partial charge is 0.344 e. The standard InChI is InChI=1S/C18H16BrNO6/c1-11(26-17(21)9-23-14-4-2-3-12(19)7-14)18(22)20-13-5-6-15-16(8-13)25-10-24-15/h2-8,11H,9-10H2,1H3,(H,20,22). The number of nitrogens with one attached hydrogen (secondary N) is 1. The van der Waals surface area contributed by atoms with Crippen LogP contribution >= 0.6 is 15.9 Å². The van der Waals surface area contributed by atoms with Crippen LogP contribution in [-0.4, -0.2) is 31.4 Å². The van der Waals surface area contributed by atoms with Gasteiger partial charge >= 0.3 is 5.97 Å². The molecule has 1 aliphatic rings. The Labute approximate surface area is 158 Å². The lowest BCUT2D eigenvalue weighted by Gasteiger charge is -2.14. The summed E-state index contributed by atoms with van der Waals surface area (Å²) in [7, 11) is 0. The molecule has 26 heavy (non-hydrogen) atoms. The molecule has 0 saturated carbocycles. The Hall–Kier alpha value is -2.74. The maximum Gasteiger partial charge on any atom is 0.344 e. The fraction of sp³-hybridized carbons (Fsp3) is 0.222. The summed E-state index contributed by atoms with van der Waals surface area (Å²) in [5.74, 6) is 0.591. The molecule has 136 valence electrons. The van der Waals surface area contributed by atoms with Crippen LogP contribution in [0.15, 0.2) is 46.9 Å². The summed E-state index contributed by atoms with van der Waals surface area (Å²) in [5.41, 5.74) is 0.521. The van der Waals surface area contributed by atoms with Crippen LogP contribution in [0.2, 0.25) is 0 Å². The van der Waals surface area contributed by atoms with E-state index in [1.807, 2.05) is 6.07 Å². The van der Waals surface area contributed by atoms with E-state index in [-0.39, 0.29) is 13.4 Å². The molecule has 0 fully saturated rings. The van der Waals surface area contributed by atoms with Crippen molar-refractivity contribution in [2.75, 3.05) is 18.7 Å². The van der Waals surface area contributed by atoms with Crippen LogP contribution in [0, 0.1) is 0 Å². The zero-order valence-corrected chi connectivity index (χ0v) is 15.4. The highest BCUT2D eigenvalue weighted by Crippen LogP contribution is 2.34. The van der Waals surface area contributed by atoms with E-state index in [0.29, 0.717) is 22.9 Å². The Morgan fingerprint density at radius 2 is 2.00 bits per heavy atom. The third-order valence-corrected chi connectivity index (χ3v) is 3.96. The van der Waals surface area contributed by atoms with Gasteiger partial charge in [0, 0.05) is 16.2 Å². The number of hydrogen-bond donors (Lipinski definition) is 1. The second kappa shape index (κ2) is 8.09. The van der Waals surface area contributed by atoms with Crippen molar-refractivity contribution in [3.05, 3.63) is 46.9 Å². The number of benzene rings is 2. The van der Waals surface area contributed by atoms with E-state index in [1.54, 1.807) is 36.4 Å². The summed E-state index contributed by atoms with van der Waals surface area (Å²) >= 11 is 3.31. The molecule has 1 aliphatic heterocycles. The molecule has 0 saturated heterocycles. The summed E-state index contributed by atoms with van der Waals surface area (Å²) in [6, 6.07) is 12.1. The molecule has 0 radical (unpaired) electrons. The highest BCUT2D eigenvalue weighted by atomic mass is 79.9. The minimum atomic E-state index is -0.973. The molecule has 0 spiro atoms. The minimum Gasteiger partial charge on any atom is -0.482 e. The molecule has 0 aliphatic carbocycles. The van der Waals surface area contributed by atoms with Gasteiger partial charge in [0.05, 0.1) is 0 Å². The van der Waals surface area contributed by atoms with E-state index >= 15 is 0 Å². The number of fused-ring (bicyclic) bond motifs is 1. The summed E-state index contributed by atoms with van der Waals surface area (Å²) in [6.45, 7) is 1.34. The lowest BCUT2D eigenvalue weighted by molar-refractivity contribution is -0.155. The predicted octanol–water partition coefficient (Wildman–Crippen LogP) is 3.13. The molecule has 8 heteroatoms. The van der Waals surface area contributed by atoms with Crippen LogP contribution in [0.25, 0.3) is 0 Å². The van der Waals surface area contributed by atoms with Crippen molar-refractivity contribution in [3.8, 4) is 17.2 Å². The van der Waals surface area contributed by atoms with Gasteiger partial charge in [0.1, 0.15) is 5.75 Å². The second-order valence-electron chi connectivity index (χ2n) is 5.44. The van der Waals surface area contributed by atoms with Gasteiger partial charge in [-0.25, -0.2) is 4.79 Å². The van der Waals surface area contributed by atoms with Crippen molar-refractivity contribution in [1.82, 2.24) is 0 Å². The summed E-state index contributed by atoms with van der Waals surface area (Å²) in [5, 5.41) is 2.66. The van der Waals surface area contributed by atoms with Crippen LogP contribution in [0.5, 0.6) is 17.2 Å². The first-order valence-electron chi connectivity index (χ1n) is 7.79. The van der Waals surface area contributed by atoms with E-state index in [2.05, 4.69) is 21.2 Å². The monoisotopic (exact) mass is 421 g/mol. The largest absolute Gasteiger partial charge is 0.482 e. The lowest BCUT2D eigenvalue weighted by Crippen LogP contribution is -2.31. The van der Waals surface area contributed by atoms with Crippen molar-refractivity contribution in [2.45, 2.75) is 13.0 Å². The number of anilines is 1. The summed E-state index contributed by atoms with van der Waals surface area (Å²) < 4.78 is 21.7. The van der Waals surface area contributed by atoms with E-state index in [0.717, 1.165) is 4.47 Å². The number of carbonyl (C=O) groups excluding carboxylic acids is 2. The predicted molar refractivity (Wildman–Crippen MR) is 96.4 cm³/mol. The summed E-state index contributed by atoms with van der Waals surface area (Å²) in [6.07, 6.45) is -0.973. The Bertz CT molecular complexity index is 825. The molecule has 0 aromatic heterocycles. The van der Waals surface area contributed by atoms with E-state index < -0.39 is 18.0 Å². The van der Waals surface area contributed by atoms with Crippen molar-refractivity contribution in [3.63, 3.8) is 0 Å². The first-order valence-corrected chi connectivity index (χ1v) is 8.59. The SMILES string of the molecule is CC(OC(=O)COc1cccc(Br)c1)C(=O)Nc1ccc2c(c1)OCO2. The molecule has 3 rings (SSSR count). The quantitative estimate of drug-likeness (QED) is 0.721. The van der Waals surface area contributed by atoms with Crippen molar-refractivity contribution >= 4 is 33.5 Å². The zero-order valence-electron chi connectivity index (χ0n) is 13.9. The number of hydrogen-bond acceptors (Lipinski definition) is 6. The average molecular weight is 422 g/mol. The number of halogens is 1.